The monoisotopic (exact) mass is 476 g/mol. The molecule has 0 unspecified atom stereocenters. The molecule has 2 aliphatic heterocycles. The molecule has 2 amide bonds. The van der Waals surface area contributed by atoms with Gasteiger partial charge in [0.05, 0.1) is 5.92 Å². The number of carbonyl (C=O) groups excluding carboxylic acids is 2. The molecule has 5 rings (SSSR count). The fourth-order valence-electron chi connectivity index (χ4n) is 6.21. The minimum atomic E-state index is -0.848. The first kappa shape index (κ1) is 23.4. The minimum absolute atomic E-state index is 0.0587. The standard InChI is InChI=1S/C28H32N2O5/c1-3-16(2)25(26(31)30-17-12-13-24(30)22(14-17)27(32)33)29-28(34)35-15-23-20-10-6-4-8-18(20)19-9-5-7-11-21(19)23/h4-11,16-17,22-25H,3,12-15H2,1-2H3,(H,29,34)(H,32,33)/t16-,17+,22-,24-,25-/m0/s1. The van der Waals surface area contributed by atoms with Gasteiger partial charge in [0.25, 0.3) is 0 Å². The predicted molar refractivity (Wildman–Crippen MR) is 131 cm³/mol. The number of aliphatic carboxylic acids is 1. The smallest absolute Gasteiger partial charge is 0.407 e. The van der Waals surface area contributed by atoms with Gasteiger partial charge in [-0.2, -0.15) is 0 Å². The number of carbonyl (C=O) groups is 3. The van der Waals surface area contributed by atoms with Gasteiger partial charge < -0.3 is 20.1 Å². The topological polar surface area (TPSA) is 95.9 Å². The maximum absolute atomic E-state index is 13.6. The second kappa shape index (κ2) is 9.36. The molecule has 5 atom stereocenters. The average Bonchev–Trinajstić information content (AvgIpc) is 3.55. The summed E-state index contributed by atoms with van der Waals surface area (Å²) >= 11 is 0. The number of carboxylic acid groups (broad SMARTS) is 1. The van der Waals surface area contributed by atoms with E-state index < -0.39 is 24.0 Å². The summed E-state index contributed by atoms with van der Waals surface area (Å²) in [5.74, 6) is -1.73. The van der Waals surface area contributed by atoms with Crippen molar-refractivity contribution in [1.82, 2.24) is 10.2 Å². The van der Waals surface area contributed by atoms with E-state index in [4.69, 9.17) is 4.74 Å². The SMILES string of the molecule is CC[C@H](C)[C@H](NC(=O)OCC1c2ccccc2-c2ccccc21)C(=O)N1[C@@H]2CC[C@H]1[C@@H](C(=O)O)C2. The van der Waals surface area contributed by atoms with Crippen molar-refractivity contribution in [2.24, 2.45) is 11.8 Å². The van der Waals surface area contributed by atoms with E-state index in [0.717, 1.165) is 28.7 Å². The lowest BCUT2D eigenvalue weighted by molar-refractivity contribution is -0.143. The zero-order chi connectivity index (χ0) is 24.7. The second-order valence-electron chi connectivity index (χ2n) is 10.1. The number of hydrogen-bond acceptors (Lipinski definition) is 4. The third-order valence-electron chi connectivity index (χ3n) is 8.20. The first-order chi connectivity index (χ1) is 16.9. The van der Waals surface area contributed by atoms with Crippen LogP contribution in [0.1, 0.15) is 56.6 Å². The van der Waals surface area contributed by atoms with Gasteiger partial charge >= 0.3 is 12.1 Å². The van der Waals surface area contributed by atoms with Gasteiger partial charge in [0, 0.05) is 18.0 Å². The highest BCUT2D eigenvalue weighted by Crippen LogP contribution is 2.45. The molecule has 2 heterocycles. The molecule has 2 N–H and O–H groups in total. The van der Waals surface area contributed by atoms with Gasteiger partial charge in [0.15, 0.2) is 0 Å². The molecule has 1 aliphatic carbocycles. The van der Waals surface area contributed by atoms with E-state index in [1.807, 2.05) is 38.1 Å². The highest BCUT2D eigenvalue weighted by Gasteiger charge is 2.52. The van der Waals surface area contributed by atoms with Crippen LogP contribution in [0, 0.1) is 11.8 Å². The summed E-state index contributed by atoms with van der Waals surface area (Å²) in [6.45, 7) is 4.08. The van der Waals surface area contributed by atoms with Crippen LogP contribution in [0.5, 0.6) is 0 Å². The first-order valence-corrected chi connectivity index (χ1v) is 12.6. The Bertz CT molecular complexity index is 1100. The summed E-state index contributed by atoms with van der Waals surface area (Å²) in [5, 5.41) is 12.4. The van der Waals surface area contributed by atoms with Gasteiger partial charge in [-0.05, 0) is 47.4 Å². The summed E-state index contributed by atoms with van der Waals surface area (Å²) in [4.78, 5) is 39.9. The van der Waals surface area contributed by atoms with Crippen LogP contribution >= 0.6 is 0 Å². The van der Waals surface area contributed by atoms with E-state index >= 15 is 0 Å². The fourth-order valence-corrected chi connectivity index (χ4v) is 6.21. The van der Waals surface area contributed by atoms with E-state index in [2.05, 4.69) is 29.6 Å². The van der Waals surface area contributed by atoms with Crippen LogP contribution in [0.25, 0.3) is 11.1 Å². The number of carboxylic acids is 1. The predicted octanol–water partition coefficient (Wildman–Crippen LogP) is 4.40. The molecule has 184 valence electrons. The number of nitrogens with zero attached hydrogens (tertiary/aromatic N) is 1. The Labute approximate surface area is 205 Å². The van der Waals surface area contributed by atoms with Crippen molar-refractivity contribution in [1.29, 1.82) is 0 Å². The van der Waals surface area contributed by atoms with Crippen molar-refractivity contribution >= 4 is 18.0 Å². The maximum atomic E-state index is 13.6. The van der Waals surface area contributed by atoms with Crippen LogP contribution in [0.4, 0.5) is 4.79 Å². The Balaban J connectivity index is 1.28. The van der Waals surface area contributed by atoms with Crippen LogP contribution in [-0.2, 0) is 14.3 Å². The lowest BCUT2D eigenvalue weighted by Gasteiger charge is -2.31. The van der Waals surface area contributed by atoms with Crippen molar-refractivity contribution in [2.45, 2.75) is 63.6 Å². The largest absolute Gasteiger partial charge is 0.481 e. The van der Waals surface area contributed by atoms with E-state index in [9.17, 15) is 19.5 Å². The molecular formula is C28H32N2O5. The van der Waals surface area contributed by atoms with Gasteiger partial charge in [-0.1, -0.05) is 68.8 Å². The molecule has 2 aromatic carbocycles. The van der Waals surface area contributed by atoms with Crippen LogP contribution in [0.15, 0.2) is 48.5 Å². The number of ether oxygens (including phenoxy) is 1. The lowest BCUT2D eigenvalue weighted by atomic mass is 9.89. The molecular weight excluding hydrogens is 444 g/mol. The molecule has 3 aliphatic rings. The van der Waals surface area contributed by atoms with E-state index in [1.54, 1.807) is 4.90 Å². The highest BCUT2D eigenvalue weighted by molar-refractivity contribution is 5.88. The molecule has 2 bridgehead atoms. The maximum Gasteiger partial charge on any atom is 0.407 e. The Morgan fingerprint density at radius 1 is 1.06 bits per heavy atom. The summed E-state index contributed by atoms with van der Waals surface area (Å²) in [6, 6.07) is 15.2. The number of rotatable bonds is 7. The quantitative estimate of drug-likeness (QED) is 0.617. The lowest BCUT2D eigenvalue weighted by Crippen LogP contribution is -2.53. The van der Waals surface area contributed by atoms with Crippen molar-refractivity contribution in [3.05, 3.63) is 59.7 Å². The van der Waals surface area contributed by atoms with Gasteiger partial charge in [0.1, 0.15) is 12.6 Å². The third-order valence-corrected chi connectivity index (χ3v) is 8.20. The minimum Gasteiger partial charge on any atom is -0.481 e. The highest BCUT2D eigenvalue weighted by atomic mass is 16.5. The Kier molecular flexibility index (Phi) is 6.26. The molecule has 2 aromatic rings. The molecule has 35 heavy (non-hydrogen) atoms. The van der Waals surface area contributed by atoms with E-state index in [0.29, 0.717) is 19.3 Å². The summed E-state index contributed by atoms with van der Waals surface area (Å²) in [6.07, 6.45) is 2.09. The summed E-state index contributed by atoms with van der Waals surface area (Å²) < 4.78 is 5.69. The van der Waals surface area contributed by atoms with Crippen molar-refractivity contribution in [3.63, 3.8) is 0 Å². The molecule has 2 fully saturated rings. The van der Waals surface area contributed by atoms with Gasteiger partial charge in [-0.15, -0.1) is 0 Å². The molecule has 0 aromatic heterocycles. The average molecular weight is 477 g/mol. The fraction of sp³-hybridized carbons (Fsp3) is 0.464. The number of amides is 2. The number of alkyl carbamates (subject to hydrolysis) is 1. The third kappa shape index (κ3) is 4.07. The summed E-state index contributed by atoms with van der Waals surface area (Å²) in [7, 11) is 0. The van der Waals surface area contributed by atoms with Crippen LogP contribution in [-0.4, -0.2) is 52.7 Å². The molecule has 7 nitrogen and oxygen atoms in total. The molecule has 7 heteroatoms. The number of benzene rings is 2. The van der Waals surface area contributed by atoms with E-state index in [1.165, 1.54) is 0 Å². The molecule has 0 saturated carbocycles. The first-order valence-electron chi connectivity index (χ1n) is 12.6. The van der Waals surface area contributed by atoms with E-state index in [-0.39, 0.29) is 36.4 Å². The van der Waals surface area contributed by atoms with Crippen LogP contribution in [0.2, 0.25) is 0 Å². The normalized spacial score (nSPS) is 23.9. The molecule has 0 radical (unpaired) electrons. The molecule has 2 saturated heterocycles. The Morgan fingerprint density at radius 3 is 2.26 bits per heavy atom. The zero-order valence-corrected chi connectivity index (χ0v) is 20.1. The second-order valence-corrected chi connectivity index (χ2v) is 10.1. The number of nitrogens with one attached hydrogen (secondary N) is 1. The van der Waals surface area contributed by atoms with Gasteiger partial charge in [0.2, 0.25) is 5.91 Å². The zero-order valence-electron chi connectivity index (χ0n) is 20.1. The number of hydrogen-bond donors (Lipinski definition) is 2. The van der Waals surface area contributed by atoms with Crippen molar-refractivity contribution < 1.29 is 24.2 Å². The van der Waals surface area contributed by atoms with Gasteiger partial charge in [-0.25, -0.2) is 4.79 Å². The van der Waals surface area contributed by atoms with Crippen molar-refractivity contribution in [2.75, 3.05) is 6.61 Å². The van der Waals surface area contributed by atoms with Crippen LogP contribution < -0.4 is 5.32 Å². The van der Waals surface area contributed by atoms with Crippen molar-refractivity contribution in [3.8, 4) is 11.1 Å². The Hall–Kier alpha value is -3.35. The summed E-state index contributed by atoms with van der Waals surface area (Å²) in [5.41, 5.74) is 4.57. The van der Waals surface area contributed by atoms with Gasteiger partial charge in [-0.3, -0.25) is 9.59 Å². The number of fused-ring (bicyclic) bond motifs is 5. The van der Waals surface area contributed by atoms with Crippen LogP contribution in [0.3, 0.4) is 0 Å². The molecule has 0 spiro atoms. The Morgan fingerprint density at radius 2 is 1.69 bits per heavy atom.